The van der Waals surface area contributed by atoms with Crippen molar-refractivity contribution in [3.05, 3.63) is 18.0 Å². The van der Waals surface area contributed by atoms with Gasteiger partial charge in [0.25, 0.3) is 0 Å². The van der Waals surface area contributed by atoms with Gasteiger partial charge >= 0.3 is 0 Å². The van der Waals surface area contributed by atoms with Crippen LogP contribution in [0.4, 0.5) is 0 Å². The molecular formula is C12H21N3O. The molecule has 0 amide bonds. The summed E-state index contributed by atoms with van der Waals surface area (Å²) < 4.78 is 2.03. The van der Waals surface area contributed by atoms with Crippen molar-refractivity contribution >= 4 is 0 Å². The van der Waals surface area contributed by atoms with Crippen LogP contribution < -0.4 is 0 Å². The average molecular weight is 223 g/mol. The molecule has 4 nitrogen and oxygen atoms in total. The standard InChI is InChI=1S/C12H21N3O/c1-3-10(2)15-7-4-11(13-15)8-14-6-5-12(16)9-14/h4,7,10,12,16H,3,5-6,8-9H2,1-2H3/t10?,12-/m1/s1. The Kier molecular flexibility index (Phi) is 3.61. The lowest BCUT2D eigenvalue weighted by molar-refractivity contribution is 0.174. The molecule has 4 heteroatoms. The summed E-state index contributed by atoms with van der Waals surface area (Å²) in [7, 11) is 0. The number of β-amino-alcohol motifs (C(OH)–C–C–N with tert-alkyl or cyclic N) is 1. The van der Waals surface area contributed by atoms with Gasteiger partial charge in [0.15, 0.2) is 0 Å². The van der Waals surface area contributed by atoms with E-state index in [2.05, 4.69) is 36.1 Å². The lowest BCUT2D eigenvalue weighted by atomic mass is 10.3. The average Bonchev–Trinajstić information content (AvgIpc) is 2.87. The zero-order valence-electron chi connectivity index (χ0n) is 10.1. The lowest BCUT2D eigenvalue weighted by Gasteiger charge is -2.13. The van der Waals surface area contributed by atoms with E-state index in [0.29, 0.717) is 6.04 Å². The largest absolute Gasteiger partial charge is 0.392 e. The van der Waals surface area contributed by atoms with Gasteiger partial charge in [-0.15, -0.1) is 0 Å². The fourth-order valence-electron chi connectivity index (χ4n) is 2.08. The van der Waals surface area contributed by atoms with Gasteiger partial charge in [-0.2, -0.15) is 5.10 Å². The molecule has 90 valence electrons. The molecule has 1 aliphatic rings. The predicted molar refractivity (Wildman–Crippen MR) is 63.1 cm³/mol. The number of likely N-dealkylation sites (tertiary alicyclic amines) is 1. The second kappa shape index (κ2) is 4.97. The molecule has 2 atom stereocenters. The highest BCUT2D eigenvalue weighted by atomic mass is 16.3. The van der Waals surface area contributed by atoms with Gasteiger partial charge in [0, 0.05) is 31.9 Å². The first-order valence-corrected chi connectivity index (χ1v) is 6.13. The molecule has 2 rings (SSSR count). The van der Waals surface area contributed by atoms with Gasteiger partial charge in [-0.1, -0.05) is 6.92 Å². The molecule has 0 spiro atoms. The Morgan fingerprint density at radius 1 is 1.62 bits per heavy atom. The molecule has 1 aliphatic heterocycles. The maximum absolute atomic E-state index is 9.44. The van der Waals surface area contributed by atoms with Crippen LogP contribution in [-0.2, 0) is 6.54 Å². The predicted octanol–water partition coefficient (Wildman–Crippen LogP) is 1.42. The van der Waals surface area contributed by atoms with Crippen LogP contribution in [-0.4, -0.2) is 39.0 Å². The van der Waals surface area contributed by atoms with Crippen LogP contribution in [0, 0.1) is 0 Å². The number of nitrogens with zero attached hydrogens (tertiary/aromatic N) is 3. The number of rotatable bonds is 4. The van der Waals surface area contributed by atoms with Crippen molar-refractivity contribution in [2.24, 2.45) is 0 Å². The normalized spacial score (nSPS) is 23.8. The summed E-state index contributed by atoms with van der Waals surface area (Å²) in [6, 6.07) is 2.55. The molecule has 1 N–H and O–H groups in total. The van der Waals surface area contributed by atoms with E-state index in [1.807, 2.05) is 4.68 Å². The van der Waals surface area contributed by atoms with Crippen molar-refractivity contribution in [2.75, 3.05) is 13.1 Å². The van der Waals surface area contributed by atoms with E-state index in [1.54, 1.807) is 0 Å². The number of aliphatic hydroxyl groups is 1. The third-order valence-corrected chi connectivity index (χ3v) is 3.34. The Morgan fingerprint density at radius 2 is 2.44 bits per heavy atom. The van der Waals surface area contributed by atoms with E-state index in [-0.39, 0.29) is 6.10 Å². The molecule has 0 bridgehead atoms. The minimum absolute atomic E-state index is 0.142. The van der Waals surface area contributed by atoms with Crippen molar-refractivity contribution < 1.29 is 5.11 Å². The van der Waals surface area contributed by atoms with Crippen molar-refractivity contribution in [3.8, 4) is 0 Å². The van der Waals surface area contributed by atoms with E-state index in [1.165, 1.54) is 0 Å². The van der Waals surface area contributed by atoms with Crippen molar-refractivity contribution in [2.45, 2.75) is 45.4 Å². The molecule has 0 aromatic carbocycles. The van der Waals surface area contributed by atoms with Crippen LogP contribution in [0.3, 0.4) is 0 Å². The van der Waals surface area contributed by atoms with E-state index >= 15 is 0 Å². The summed E-state index contributed by atoms with van der Waals surface area (Å²) in [4.78, 5) is 2.26. The number of aromatic nitrogens is 2. The van der Waals surface area contributed by atoms with Gasteiger partial charge in [0.2, 0.25) is 0 Å². The van der Waals surface area contributed by atoms with Gasteiger partial charge in [-0.3, -0.25) is 9.58 Å². The minimum Gasteiger partial charge on any atom is -0.392 e. The minimum atomic E-state index is -0.142. The smallest absolute Gasteiger partial charge is 0.0764 e. The Hall–Kier alpha value is -0.870. The molecule has 1 saturated heterocycles. The molecule has 2 heterocycles. The molecule has 1 aromatic rings. The maximum atomic E-state index is 9.44. The maximum Gasteiger partial charge on any atom is 0.0764 e. The molecule has 1 aromatic heterocycles. The summed E-state index contributed by atoms with van der Waals surface area (Å²) in [6.45, 7) is 6.98. The molecule has 1 unspecified atom stereocenters. The van der Waals surface area contributed by atoms with Crippen molar-refractivity contribution in [3.63, 3.8) is 0 Å². The highest BCUT2D eigenvalue weighted by Gasteiger charge is 2.20. The molecule has 1 fully saturated rings. The van der Waals surface area contributed by atoms with Crippen molar-refractivity contribution in [1.29, 1.82) is 0 Å². The molecular weight excluding hydrogens is 202 g/mol. The van der Waals surface area contributed by atoms with E-state index in [9.17, 15) is 5.11 Å². The highest BCUT2D eigenvalue weighted by molar-refractivity contribution is 5.00. The molecule has 0 radical (unpaired) electrons. The second-order valence-electron chi connectivity index (χ2n) is 4.72. The van der Waals surface area contributed by atoms with Crippen LogP contribution in [0.2, 0.25) is 0 Å². The first kappa shape index (κ1) is 11.6. The van der Waals surface area contributed by atoms with Gasteiger partial charge in [0.1, 0.15) is 0 Å². The van der Waals surface area contributed by atoms with Crippen LogP contribution in [0.1, 0.15) is 38.4 Å². The zero-order valence-corrected chi connectivity index (χ0v) is 10.1. The first-order valence-electron chi connectivity index (χ1n) is 6.13. The number of aliphatic hydroxyl groups excluding tert-OH is 1. The summed E-state index contributed by atoms with van der Waals surface area (Å²) in [5.74, 6) is 0. The fourth-order valence-corrected chi connectivity index (χ4v) is 2.08. The quantitative estimate of drug-likeness (QED) is 0.839. The van der Waals surface area contributed by atoms with Gasteiger partial charge < -0.3 is 5.11 Å². The SMILES string of the molecule is CCC(C)n1ccc(CN2CC[C@@H](O)C2)n1. The highest BCUT2D eigenvalue weighted by Crippen LogP contribution is 2.14. The Labute approximate surface area is 96.9 Å². The third kappa shape index (κ3) is 2.62. The van der Waals surface area contributed by atoms with E-state index in [4.69, 9.17) is 0 Å². The molecule has 16 heavy (non-hydrogen) atoms. The van der Waals surface area contributed by atoms with Gasteiger partial charge in [0.05, 0.1) is 11.8 Å². The first-order chi connectivity index (χ1) is 7.69. The fraction of sp³-hybridized carbons (Fsp3) is 0.750. The Balaban J connectivity index is 1.92. The Bertz CT molecular complexity index is 337. The van der Waals surface area contributed by atoms with Crippen LogP contribution in [0.15, 0.2) is 12.3 Å². The number of hydrogen-bond acceptors (Lipinski definition) is 3. The lowest BCUT2D eigenvalue weighted by Crippen LogP contribution is -2.21. The third-order valence-electron chi connectivity index (χ3n) is 3.34. The van der Waals surface area contributed by atoms with Gasteiger partial charge in [-0.25, -0.2) is 0 Å². The van der Waals surface area contributed by atoms with Crippen LogP contribution >= 0.6 is 0 Å². The summed E-state index contributed by atoms with van der Waals surface area (Å²) in [6.07, 6.45) is 3.91. The second-order valence-corrected chi connectivity index (χ2v) is 4.72. The summed E-state index contributed by atoms with van der Waals surface area (Å²) in [5.41, 5.74) is 1.11. The van der Waals surface area contributed by atoms with E-state index in [0.717, 1.165) is 38.2 Å². The van der Waals surface area contributed by atoms with E-state index < -0.39 is 0 Å². The summed E-state index contributed by atoms with van der Waals surface area (Å²) >= 11 is 0. The summed E-state index contributed by atoms with van der Waals surface area (Å²) in [5, 5.41) is 14.0. The topological polar surface area (TPSA) is 41.3 Å². The molecule has 0 saturated carbocycles. The number of hydrogen-bond donors (Lipinski definition) is 1. The van der Waals surface area contributed by atoms with Crippen LogP contribution in [0.5, 0.6) is 0 Å². The monoisotopic (exact) mass is 223 g/mol. The Morgan fingerprint density at radius 3 is 3.06 bits per heavy atom. The molecule has 0 aliphatic carbocycles. The van der Waals surface area contributed by atoms with Gasteiger partial charge in [-0.05, 0) is 25.8 Å². The van der Waals surface area contributed by atoms with Crippen molar-refractivity contribution in [1.82, 2.24) is 14.7 Å². The van der Waals surface area contributed by atoms with Crippen LogP contribution in [0.25, 0.3) is 0 Å². The zero-order chi connectivity index (χ0) is 11.5.